The average Bonchev–Trinajstić information content (AvgIpc) is 2.58. The number of amidine groups is 1. The number of carbonyl (C=O) groups is 1. The molecule has 0 bridgehead atoms. The second kappa shape index (κ2) is 6.89. The number of hydrogen-bond acceptors (Lipinski definition) is 4. The van der Waals surface area contributed by atoms with Crippen molar-refractivity contribution in [3.8, 4) is 0 Å². The third-order valence-electron chi connectivity index (χ3n) is 3.31. The highest BCUT2D eigenvalue weighted by Gasteiger charge is 2.12. The predicted molar refractivity (Wildman–Crippen MR) is 90.0 cm³/mol. The number of nitrogens with zero attached hydrogens (tertiary/aromatic N) is 1. The Morgan fingerprint density at radius 1 is 1.17 bits per heavy atom. The summed E-state index contributed by atoms with van der Waals surface area (Å²) in [6, 6.07) is 17.2. The van der Waals surface area contributed by atoms with Gasteiger partial charge >= 0.3 is 0 Å². The Hall–Kier alpha value is -2.92. The minimum Gasteiger partial charge on any atom is -0.322 e. The molecule has 0 saturated carbocycles. The van der Waals surface area contributed by atoms with Gasteiger partial charge in [0, 0.05) is 17.3 Å². The van der Waals surface area contributed by atoms with Crippen LogP contribution >= 0.6 is 0 Å². The standard InChI is InChI=1S/C18H17N3O2/c1-13-7-9-15(10-8-13)19-17(22)11-16-12-23-21-18(20-16)14-5-3-2-4-6-14/h2-11H,12H2,1H3,(H,19,22)(H,20,21)/b16-11-. The first-order valence-corrected chi connectivity index (χ1v) is 7.31. The van der Waals surface area contributed by atoms with Gasteiger partial charge in [-0.05, 0) is 19.1 Å². The van der Waals surface area contributed by atoms with Crippen LogP contribution < -0.4 is 10.8 Å². The van der Waals surface area contributed by atoms with Crippen molar-refractivity contribution in [3.05, 3.63) is 77.5 Å². The zero-order chi connectivity index (χ0) is 16.1. The Kier molecular flexibility index (Phi) is 4.49. The van der Waals surface area contributed by atoms with E-state index in [1.54, 1.807) is 0 Å². The summed E-state index contributed by atoms with van der Waals surface area (Å²) < 4.78 is 0. The minimum atomic E-state index is -0.231. The van der Waals surface area contributed by atoms with Crippen LogP contribution in [0.3, 0.4) is 0 Å². The van der Waals surface area contributed by atoms with Gasteiger partial charge in [0.05, 0.1) is 5.70 Å². The number of anilines is 1. The Morgan fingerprint density at radius 2 is 1.91 bits per heavy atom. The van der Waals surface area contributed by atoms with Crippen molar-refractivity contribution in [2.75, 3.05) is 11.9 Å². The van der Waals surface area contributed by atoms with E-state index in [2.05, 4.69) is 15.8 Å². The van der Waals surface area contributed by atoms with Crippen LogP contribution in [-0.2, 0) is 9.63 Å². The van der Waals surface area contributed by atoms with E-state index in [0.29, 0.717) is 11.5 Å². The van der Waals surface area contributed by atoms with Crippen molar-refractivity contribution in [1.29, 1.82) is 0 Å². The van der Waals surface area contributed by atoms with Crippen molar-refractivity contribution < 1.29 is 9.63 Å². The van der Waals surface area contributed by atoms with Crippen LogP contribution in [0.1, 0.15) is 11.1 Å². The predicted octanol–water partition coefficient (Wildman–Crippen LogP) is 2.80. The van der Waals surface area contributed by atoms with Crippen LogP contribution in [0.2, 0.25) is 0 Å². The fraction of sp³-hybridized carbons (Fsp3) is 0.111. The van der Waals surface area contributed by atoms with Crippen LogP contribution in [-0.4, -0.2) is 18.3 Å². The highest BCUT2D eigenvalue weighted by atomic mass is 16.6. The maximum Gasteiger partial charge on any atom is 0.250 e. The van der Waals surface area contributed by atoms with Crippen LogP contribution in [0.4, 0.5) is 5.69 Å². The molecule has 0 spiro atoms. The van der Waals surface area contributed by atoms with E-state index in [1.165, 1.54) is 6.08 Å². The van der Waals surface area contributed by atoms with Crippen molar-refractivity contribution in [3.63, 3.8) is 0 Å². The molecule has 1 aliphatic rings. The van der Waals surface area contributed by atoms with E-state index in [9.17, 15) is 4.79 Å². The second-order valence-corrected chi connectivity index (χ2v) is 5.21. The molecule has 2 aromatic carbocycles. The molecule has 1 heterocycles. The van der Waals surface area contributed by atoms with Gasteiger partial charge in [-0.25, -0.2) is 10.5 Å². The van der Waals surface area contributed by atoms with Gasteiger partial charge in [-0.1, -0.05) is 48.0 Å². The summed E-state index contributed by atoms with van der Waals surface area (Å²) >= 11 is 0. The van der Waals surface area contributed by atoms with Crippen LogP contribution in [0, 0.1) is 6.92 Å². The summed E-state index contributed by atoms with van der Waals surface area (Å²) in [5.41, 5.74) is 6.13. The number of aryl methyl sites for hydroxylation is 1. The molecule has 1 aliphatic heterocycles. The first kappa shape index (κ1) is 15.0. The summed E-state index contributed by atoms with van der Waals surface area (Å²) in [6.45, 7) is 2.23. The zero-order valence-corrected chi connectivity index (χ0v) is 12.7. The molecule has 1 amide bonds. The molecule has 0 unspecified atom stereocenters. The normalized spacial score (nSPS) is 15.7. The van der Waals surface area contributed by atoms with Gasteiger partial charge in [-0.2, -0.15) is 0 Å². The molecular formula is C18H17N3O2. The third kappa shape index (κ3) is 4.05. The molecule has 0 saturated heterocycles. The van der Waals surface area contributed by atoms with Gasteiger partial charge < -0.3 is 5.32 Å². The van der Waals surface area contributed by atoms with Gasteiger partial charge in [0.2, 0.25) is 5.91 Å². The lowest BCUT2D eigenvalue weighted by Crippen LogP contribution is -2.30. The second-order valence-electron chi connectivity index (χ2n) is 5.21. The average molecular weight is 307 g/mol. The van der Waals surface area contributed by atoms with Gasteiger partial charge in [0.15, 0.2) is 5.84 Å². The van der Waals surface area contributed by atoms with E-state index in [-0.39, 0.29) is 12.5 Å². The molecule has 116 valence electrons. The topological polar surface area (TPSA) is 62.7 Å². The number of rotatable bonds is 3. The number of benzene rings is 2. The van der Waals surface area contributed by atoms with Crippen molar-refractivity contribution in [1.82, 2.24) is 5.48 Å². The van der Waals surface area contributed by atoms with E-state index in [4.69, 9.17) is 4.84 Å². The lowest BCUT2D eigenvalue weighted by Gasteiger charge is -2.16. The maximum atomic E-state index is 12.1. The molecule has 2 aromatic rings. The number of carbonyl (C=O) groups excluding carboxylic acids is 1. The highest BCUT2D eigenvalue weighted by Crippen LogP contribution is 2.11. The Bertz CT molecular complexity index is 750. The molecule has 0 atom stereocenters. The van der Waals surface area contributed by atoms with Gasteiger partial charge in [-0.3, -0.25) is 9.63 Å². The summed E-state index contributed by atoms with van der Waals surface area (Å²) in [5.74, 6) is 0.358. The van der Waals surface area contributed by atoms with E-state index in [1.807, 2.05) is 61.5 Å². The largest absolute Gasteiger partial charge is 0.322 e. The molecular weight excluding hydrogens is 290 g/mol. The number of hydroxylamine groups is 1. The number of nitrogens with one attached hydrogen (secondary N) is 2. The highest BCUT2D eigenvalue weighted by molar-refractivity contribution is 6.02. The number of aliphatic imine (C=N–C) groups is 1. The molecule has 0 radical (unpaired) electrons. The zero-order valence-electron chi connectivity index (χ0n) is 12.7. The molecule has 3 rings (SSSR count). The van der Waals surface area contributed by atoms with E-state index in [0.717, 1.165) is 16.8 Å². The van der Waals surface area contributed by atoms with Crippen LogP contribution in [0.15, 0.2) is 71.4 Å². The first-order chi connectivity index (χ1) is 11.2. The molecule has 0 aliphatic carbocycles. The first-order valence-electron chi connectivity index (χ1n) is 7.31. The fourth-order valence-electron chi connectivity index (χ4n) is 2.14. The van der Waals surface area contributed by atoms with Crippen molar-refractivity contribution in [2.24, 2.45) is 4.99 Å². The lowest BCUT2D eigenvalue weighted by molar-refractivity contribution is -0.112. The molecule has 2 N–H and O–H groups in total. The lowest BCUT2D eigenvalue weighted by atomic mass is 10.2. The van der Waals surface area contributed by atoms with Crippen LogP contribution in [0.5, 0.6) is 0 Å². The molecule has 5 heteroatoms. The third-order valence-corrected chi connectivity index (χ3v) is 3.31. The summed E-state index contributed by atoms with van der Waals surface area (Å²) in [5, 5.41) is 2.81. The molecule has 5 nitrogen and oxygen atoms in total. The molecule has 0 fully saturated rings. The van der Waals surface area contributed by atoms with Gasteiger partial charge in [0.25, 0.3) is 0 Å². The van der Waals surface area contributed by atoms with Gasteiger partial charge in [-0.15, -0.1) is 0 Å². The fourth-order valence-corrected chi connectivity index (χ4v) is 2.14. The summed E-state index contributed by atoms with van der Waals surface area (Å²) in [6.07, 6.45) is 1.45. The molecule has 23 heavy (non-hydrogen) atoms. The summed E-state index contributed by atoms with van der Waals surface area (Å²) in [4.78, 5) is 21.8. The van der Waals surface area contributed by atoms with Crippen molar-refractivity contribution >= 4 is 17.4 Å². The van der Waals surface area contributed by atoms with E-state index < -0.39 is 0 Å². The Balaban J connectivity index is 1.73. The maximum absolute atomic E-state index is 12.1. The Labute approximate surface area is 134 Å². The number of hydrogen-bond donors (Lipinski definition) is 2. The molecule has 0 aromatic heterocycles. The SMILES string of the molecule is Cc1ccc(NC(=O)/C=C2/CONC(c3ccccc3)=N2)cc1. The van der Waals surface area contributed by atoms with Gasteiger partial charge in [0.1, 0.15) is 6.61 Å². The van der Waals surface area contributed by atoms with E-state index >= 15 is 0 Å². The smallest absolute Gasteiger partial charge is 0.250 e. The van der Waals surface area contributed by atoms with Crippen molar-refractivity contribution in [2.45, 2.75) is 6.92 Å². The summed E-state index contributed by atoms with van der Waals surface area (Å²) in [7, 11) is 0. The Morgan fingerprint density at radius 3 is 2.65 bits per heavy atom. The number of amides is 1. The quantitative estimate of drug-likeness (QED) is 0.857. The monoisotopic (exact) mass is 307 g/mol. The van der Waals surface area contributed by atoms with Crippen LogP contribution in [0.25, 0.3) is 0 Å². The minimum absolute atomic E-state index is 0.231.